The third kappa shape index (κ3) is 2.74. The Labute approximate surface area is 241 Å². The van der Waals surface area contributed by atoms with Crippen LogP contribution in [-0.2, 0) is 0 Å². The Morgan fingerprint density at radius 2 is 0.952 bits per heavy atom. The van der Waals surface area contributed by atoms with E-state index in [0.29, 0.717) is 0 Å². The zero-order valence-electron chi connectivity index (χ0n) is 22.8. The molecule has 0 aliphatic heterocycles. The summed E-state index contributed by atoms with van der Waals surface area (Å²) >= 11 is 0. The van der Waals surface area contributed by atoms with Gasteiger partial charge in [-0.3, -0.25) is 0 Å². The van der Waals surface area contributed by atoms with Gasteiger partial charge in [0.1, 0.15) is 0 Å². The predicted octanol–water partition coefficient (Wildman–Crippen LogP) is 10.8. The van der Waals surface area contributed by atoms with E-state index in [1.54, 1.807) is 0 Å². The van der Waals surface area contributed by atoms with Gasteiger partial charge in [0.05, 0.1) is 27.6 Å². The standard InChI is InChI=1S/C40H24N2/c1-2-10-26(11-3-1)41-35-18-6-5-13-29(35)34-24-25(20-22-37(34)41)27-21-23-38-39-30(27)14-8-15-31(39)33-17-9-16-32-28-12-4-7-19-36(28)42(38)40(32)33/h1-24H. The summed E-state index contributed by atoms with van der Waals surface area (Å²) in [5, 5.41) is 10.4. The third-order valence-corrected chi connectivity index (χ3v) is 9.24. The van der Waals surface area contributed by atoms with Crippen LogP contribution in [0.25, 0.3) is 87.5 Å². The molecule has 2 heteroatoms. The topological polar surface area (TPSA) is 9.34 Å². The summed E-state index contributed by atoms with van der Waals surface area (Å²) in [6.07, 6.45) is 0. The number of benzene rings is 7. The molecule has 0 fully saturated rings. The van der Waals surface area contributed by atoms with Gasteiger partial charge in [-0.25, -0.2) is 0 Å². The van der Waals surface area contributed by atoms with Gasteiger partial charge in [0.25, 0.3) is 0 Å². The minimum Gasteiger partial charge on any atom is -0.309 e. The summed E-state index contributed by atoms with van der Waals surface area (Å²) in [6.45, 7) is 0. The highest BCUT2D eigenvalue weighted by molar-refractivity contribution is 6.28. The van der Waals surface area contributed by atoms with Crippen molar-refractivity contribution in [2.45, 2.75) is 0 Å². The highest BCUT2D eigenvalue weighted by Crippen LogP contribution is 2.43. The fourth-order valence-electron chi connectivity index (χ4n) is 7.53. The van der Waals surface area contributed by atoms with E-state index in [1.165, 1.54) is 87.5 Å². The maximum Gasteiger partial charge on any atom is 0.0619 e. The van der Waals surface area contributed by atoms with Crippen molar-refractivity contribution in [1.82, 2.24) is 8.97 Å². The van der Waals surface area contributed by atoms with Crippen molar-refractivity contribution in [1.29, 1.82) is 0 Å². The van der Waals surface area contributed by atoms with Gasteiger partial charge in [0.15, 0.2) is 0 Å². The molecule has 0 unspecified atom stereocenters. The van der Waals surface area contributed by atoms with E-state index in [4.69, 9.17) is 0 Å². The second-order valence-electron chi connectivity index (χ2n) is 11.3. The van der Waals surface area contributed by atoms with Crippen LogP contribution in [0.2, 0.25) is 0 Å². The SMILES string of the molecule is c1ccc(-n2c3ccccc3c3cc(-c4ccc5c6c4cccc6c4cccc6c7ccccc7n5c46)ccc32)cc1. The van der Waals surface area contributed by atoms with Crippen molar-refractivity contribution in [3.63, 3.8) is 0 Å². The number of aromatic nitrogens is 2. The smallest absolute Gasteiger partial charge is 0.0619 e. The summed E-state index contributed by atoms with van der Waals surface area (Å²) in [4.78, 5) is 0. The largest absolute Gasteiger partial charge is 0.309 e. The molecule has 0 aliphatic rings. The van der Waals surface area contributed by atoms with Crippen molar-refractivity contribution in [3.05, 3.63) is 146 Å². The lowest BCUT2D eigenvalue weighted by molar-refractivity contribution is 1.18. The summed E-state index contributed by atoms with van der Waals surface area (Å²) < 4.78 is 4.86. The Hall–Kier alpha value is -5.60. The normalized spacial score (nSPS) is 12.3. The summed E-state index contributed by atoms with van der Waals surface area (Å²) in [7, 11) is 0. The first kappa shape index (κ1) is 22.1. The number of fused-ring (bicyclic) bond motifs is 8. The van der Waals surface area contributed by atoms with E-state index < -0.39 is 0 Å². The van der Waals surface area contributed by atoms with Crippen molar-refractivity contribution in [3.8, 4) is 16.8 Å². The first-order valence-corrected chi connectivity index (χ1v) is 14.5. The number of hydrogen-bond donors (Lipinski definition) is 0. The fourth-order valence-corrected chi connectivity index (χ4v) is 7.53. The van der Waals surface area contributed by atoms with Gasteiger partial charge in [-0.15, -0.1) is 0 Å². The molecular formula is C40H24N2. The first-order valence-electron chi connectivity index (χ1n) is 14.5. The number of para-hydroxylation sites is 4. The van der Waals surface area contributed by atoms with E-state index in [2.05, 4.69) is 155 Å². The minimum atomic E-state index is 1.18. The van der Waals surface area contributed by atoms with Crippen molar-refractivity contribution >= 4 is 70.7 Å². The van der Waals surface area contributed by atoms with Crippen molar-refractivity contribution in [2.75, 3.05) is 0 Å². The lowest BCUT2D eigenvalue weighted by Gasteiger charge is -2.16. The molecule has 10 rings (SSSR count). The molecule has 194 valence electrons. The molecule has 42 heavy (non-hydrogen) atoms. The maximum absolute atomic E-state index is 2.48. The number of rotatable bonds is 2. The lowest BCUT2D eigenvalue weighted by Crippen LogP contribution is -1.94. The average Bonchev–Trinajstić information content (AvgIpc) is 3.57. The first-order chi connectivity index (χ1) is 20.9. The van der Waals surface area contributed by atoms with Gasteiger partial charge < -0.3 is 8.97 Å². The summed E-state index contributed by atoms with van der Waals surface area (Å²) in [6, 6.07) is 53.4. The zero-order chi connectivity index (χ0) is 27.4. The Balaban J connectivity index is 1.31. The van der Waals surface area contributed by atoms with Crippen LogP contribution in [0.1, 0.15) is 0 Å². The maximum atomic E-state index is 2.48. The number of nitrogens with zero attached hydrogens (tertiary/aromatic N) is 2. The van der Waals surface area contributed by atoms with Crippen LogP contribution in [-0.4, -0.2) is 8.97 Å². The quantitative estimate of drug-likeness (QED) is 0.155. The summed E-state index contributed by atoms with van der Waals surface area (Å²) in [5.41, 5.74) is 9.97. The van der Waals surface area contributed by atoms with E-state index in [9.17, 15) is 0 Å². The van der Waals surface area contributed by atoms with Gasteiger partial charge in [0.2, 0.25) is 0 Å². The Kier molecular flexibility index (Phi) is 4.21. The highest BCUT2D eigenvalue weighted by Gasteiger charge is 2.19. The molecule has 0 amide bonds. The third-order valence-electron chi connectivity index (χ3n) is 9.24. The molecule has 3 aromatic heterocycles. The molecule has 0 aliphatic carbocycles. The van der Waals surface area contributed by atoms with Crippen LogP contribution in [0, 0.1) is 0 Å². The van der Waals surface area contributed by atoms with E-state index in [0.717, 1.165) is 0 Å². The van der Waals surface area contributed by atoms with E-state index in [1.807, 2.05) is 0 Å². The second-order valence-corrected chi connectivity index (χ2v) is 11.3. The molecular weight excluding hydrogens is 508 g/mol. The lowest BCUT2D eigenvalue weighted by atomic mass is 9.93. The molecule has 0 saturated heterocycles. The number of hydrogen-bond acceptors (Lipinski definition) is 0. The van der Waals surface area contributed by atoms with Crippen LogP contribution in [0.3, 0.4) is 0 Å². The number of pyridine rings is 1. The Morgan fingerprint density at radius 1 is 0.357 bits per heavy atom. The Bertz CT molecular complexity index is 2670. The van der Waals surface area contributed by atoms with Gasteiger partial charge >= 0.3 is 0 Å². The Morgan fingerprint density at radius 3 is 1.79 bits per heavy atom. The summed E-state index contributed by atoms with van der Waals surface area (Å²) in [5.74, 6) is 0. The minimum absolute atomic E-state index is 1.18. The van der Waals surface area contributed by atoms with E-state index >= 15 is 0 Å². The predicted molar refractivity (Wildman–Crippen MR) is 178 cm³/mol. The van der Waals surface area contributed by atoms with Crippen LogP contribution in [0.4, 0.5) is 0 Å². The van der Waals surface area contributed by atoms with Gasteiger partial charge in [0, 0.05) is 38.0 Å². The molecule has 0 atom stereocenters. The molecule has 2 nitrogen and oxygen atoms in total. The van der Waals surface area contributed by atoms with Gasteiger partial charge in [-0.1, -0.05) is 103 Å². The molecule has 7 aromatic carbocycles. The second kappa shape index (κ2) is 7.99. The molecule has 0 spiro atoms. The van der Waals surface area contributed by atoms with Crippen LogP contribution < -0.4 is 0 Å². The molecule has 0 N–H and O–H groups in total. The average molecular weight is 533 g/mol. The zero-order valence-corrected chi connectivity index (χ0v) is 22.8. The molecule has 0 saturated carbocycles. The monoisotopic (exact) mass is 532 g/mol. The molecule has 0 bridgehead atoms. The molecule has 10 aromatic rings. The molecule has 3 heterocycles. The van der Waals surface area contributed by atoms with Crippen molar-refractivity contribution < 1.29 is 0 Å². The highest BCUT2D eigenvalue weighted by atomic mass is 15.0. The van der Waals surface area contributed by atoms with Crippen LogP contribution in [0.5, 0.6) is 0 Å². The van der Waals surface area contributed by atoms with Crippen molar-refractivity contribution in [2.24, 2.45) is 0 Å². The molecule has 0 radical (unpaired) electrons. The van der Waals surface area contributed by atoms with Crippen LogP contribution >= 0.6 is 0 Å². The van der Waals surface area contributed by atoms with E-state index in [-0.39, 0.29) is 0 Å². The van der Waals surface area contributed by atoms with Gasteiger partial charge in [-0.05, 0) is 64.4 Å². The fraction of sp³-hybridized carbons (Fsp3) is 0. The van der Waals surface area contributed by atoms with Crippen LogP contribution in [0.15, 0.2) is 146 Å². The van der Waals surface area contributed by atoms with Gasteiger partial charge in [-0.2, -0.15) is 0 Å².